The lowest BCUT2D eigenvalue weighted by molar-refractivity contribution is -0.145. The molecule has 18 heavy (non-hydrogen) atoms. The lowest BCUT2D eigenvalue weighted by Gasteiger charge is -2.14. The Labute approximate surface area is 113 Å². The fourth-order valence-electron chi connectivity index (χ4n) is 1.19. The Morgan fingerprint density at radius 1 is 1.39 bits per heavy atom. The molecule has 0 N–H and O–H groups in total. The van der Waals surface area contributed by atoms with Crippen molar-refractivity contribution < 1.29 is 18.7 Å². The maximum atomic E-state index is 13.0. The maximum absolute atomic E-state index is 13.0. The summed E-state index contributed by atoms with van der Waals surface area (Å²) < 4.78 is 17.8. The van der Waals surface area contributed by atoms with Gasteiger partial charge in [0.05, 0.1) is 0 Å². The van der Waals surface area contributed by atoms with Gasteiger partial charge in [0.2, 0.25) is 0 Å². The molecule has 0 saturated carbocycles. The number of alkyl halides is 2. The molecule has 0 heterocycles. The minimum Gasteiger partial charge on any atom is -0.455 e. The summed E-state index contributed by atoms with van der Waals surface area (Å²) in [6.45, 7) is 0. The summed E-state index contributed by atoms with van der Waals surface area (Å²) >= 11 is 2.98. The second-order valence-corrected chi connectivity index (χ2v) is 4.10. The third kappa shape index (κ3) is 4.79. The molecule has 0 amide bonds. The van der Waals surface area contributed by atoms with Crippen LogP contribution >= 0.6 is 15.9 Å². The van der Waals surface area contributed by atoms with Gasteiger partial charge >= 0.3 is 5.97 Å². The summed E-state index contributed by atoms with van der Waals surface area (Å²) in [7, 11) is 0. The van der Waals surface area contributed by atoms with Gasteiger partial charge in [0.1, 0.15) is 6.10 Å². The third-order valence-electron chi connectivity index (χ3n) is 2.12. The van der Waals surface area contributed by atoms with Crippen molar-refractivity contribution in [2.75, 3.05) is 5.33 Å². The molecule has 0 unspecified atom stereocenters. The standard InChI is InChI=1S/C13H12BrFO3/c14-8-12(11(15)9-16)18-13(17)7-6-10-4-2-1-3-5-10/h1-7,9,11-12H,8H2/b7-6+/t11-,12-/m1/s1. The van der Waals surface area contributed by atoms with E-state index in [4.69, 9.17) is 4.74 Å². The monoisotopic (exact) mass is 314 g/mol. The zero-order chi connectivity index (χ0) is 13.4. The molecule has 2 atom stereocenters. The SMILES string of the molecule is O=C[C@@H](F)[C@@H](CBr)OC(=O)/C=C/c1ccccc1. The van der Waals surface area contributed by atoms with Gasteiger partial charge in [-0.25, -0.2) is 9.18 Å². The van der Waals surface area contributed by atoms with Crippen molar-refractivity contribution >= 4 is 34.3 Å². The van der Waals surface area contributed by atoms with Crippen LogP contribution in [0, 0.1) is 0 Å². The highest BCUT2D eigenvalue weighted by Gasteiger charge is 2.22. The number of benzene rings is 1. The van der Waals surface area contributed by atoms with E-state index < -0.39 is 18.2 Å². The molecule has 1 rings (SSSR count). The van der Waals surface area contributed by atoms with E-state index in [1.807, 2.05) is 30.3 Å². The van der Waals surface area contributed by atoms with Crippen LogP contribution in [-0.2, 0) is 14.3 Å². The van der Waals surface area contributed by atoms with Crippen LogP contribution in [0.4, 0.5) is 4.39 Å². The molecule has 0 spiro atoms. The Hall–Kier alpha value is -1.49. The molecule has 0 aromatic heterocycles. The molecule has 0 radical (unpaired) electrons. The zero-order valence-corrected chi connectivity index (χ0v) is 11.0. The third-order valence-corrected chi connectivity index (χ3v) is 2.75. The number of carbonyl (C=O) groups is 2. The summed E-state index contributed by atoms with van der Waals surface area (Å²) in [5.74, 6) is -0.687. The molecule has 1 aromatic carbocycles. The number of hydrogen-bond donors (Lipinski definition) is 0. The van der Waals surface area contributed by atoms with Gasteiger partial charge in [-0.05, 0) is 11.6 Å². The van der Waals surface area contributed by atoms with E-state index in [-0.39, 0.29) is 11.6 Å². The quantitative estimate of drug-likeness (QED) is 0.351. The van der Waals surface area contributed by atoms with E-state index in [0.29, 0.717) is 0 Å². The highest BCUT2D eigenvalue weighted by Crippen LogP contribution is 2.07. The highest BCUT2D eigenvalue weighted by molar-refractivity contribution is 9.09. The minimum atomic E-state index is -1.82. The number of halogens is 2. The largest absolute Gasteiger partial charge is 0.455 e. The van der Waals surface area contributed by atoms with Crippen molar-refractivity contribution in [3.05, 3.63) is 42.0 Å². The fourth-order valence-corrected chi connectivity index (χ4v) is 1.68. The first kappa shape index (κ1) is 14.6. The molecule has 0 aliphatic carbocycles. The first-order valence-electron chi connectivity index (χ1n) is 5.26. The number of rotatable bonds is 6. The molecule has 0 aliphatic heterocycles. The lowest BCUT2D eigenvalue weighted by atomic mass is 10.2. The summed E-state index contributed by atoms with van der Waals surface area (Å²) in [5, 5.41) is 0.0673. The van der Waals surface area contributed by atoms with Gasteiger partial charge in [-0.15, -0.1) is 0 Å². The summed E-state index contributed by atoms with van der Waals surface area (Å²) in [4.78, 5) is 21.7. The molecule has 5 heteroatoms. The van der Waals surface area contributed by atoms with E-state index in [0.717, 1.165) is 5.56 Å². The molecule has 96 valence electrons. The number of aldehydes is 1. The minimum absolute atomic E-state index is 0.0673. The van der Waals surface area contributed by atoms with E-state index in [9.17, 15) is 14.0 Å². The van der Waals surface area contributed by atoms with Crippen LogP contribution in [0.15, 0.2) is 36.4 Å². The van der Waals surface area contributed by atoms with Gasteiger partial charge < -0.3 is 4.74 Å². The maximum Gasteiger partial charge on any atom is 0.331 e. The lowest BCUT2D eigenvalue weighted by Crippen LogP contribution is -2.30. The second-order valence-electron chi connectivity index (χ2n) is 3.45. The van der Waals surface area contributed by atoms with Crippen LogP contribution in [0.2, 0.25) is 0 Å². The molecule has 0 aliphatic rings. The first-order chi connectivity index (χ1) is 8.67. The van der Waals surface area contributed by atoms with E-state index in [1.54, 1.807) is 6.08 Å². The highest BCUT2D eigenvalue weighted by atomic mass is 79.9. The number of ether oxygens (including phenoxy) is 1. The van der Waals surface area contributed by atoms with E-state index >= 15 is 0 Å². The van der Waals surface area contributed by atoms with E-state index in [1.165, 1.54) is 6.08 Å². The average Bonchev–Trinajstić information content (AvgIpc) is 2.42. The van der Waals surface area contributed by atoms with Crippen LogP contribution < -0.4 is 0 Å². The van der Waals surface area contributed by atoms with Gasteiger partial charge in [0, 0.05) is 11.4 Å². The van der Waals surface area contributed by atoms with Crippen molar-refractivity contribution in [2.45, 2.75) is 12.3 Å². The smallest absolute Gasteiger partial charge is 0.331 e. The predicted octanol–water partition coefficient (Wildman–Crippen LogP) is 2.54. The van der Waals surface area contributed by atoms with Gasteiger partial charge in [-0.2, -0.15) is 0 Å². The van der Waals surface area contributed by atoms with Crippen LogP contribution in [0.3, 0.4) is 0 Å². The Bertz CT molecular complexity index is 420. The van der Waals surface area contributed by atoms with Crippen molar-refractivity contribution in [3.8, 4) is 0 Å². The Balaban J connectivity index is 2.55. The Morgan fingerprint density at radius 3 is 2.61 bits per heavy atom. The second kappa shape index (κ2) is 7.76. The average molecular weight is 315 g/mol. The van der Waals surface area contributed by atoms with Crippen molar-refractivity contribution in [3.63, 3.8) is 0 Å². The number of hydrogen-bond acceptors (Lipinski definition) is 3. The number of carbonyl (C=O) groups excluding carboxylic acids is 2. The molecule has 0 bridgehead atoms. The normalized spacial score (nSPS) is 14.1. The van der Waals surface area contributed by atoms with Crippen LogP contribution in [0.5, 0.6) is 0 Å². The van der Waals surface area contributed by atoms with Crippen molar-refractivity contribution in [2.24, 2.45) is 0 Å². The molecule has 1 aromatic rings. The van der Waals surface area contributed by atoms with Crippen molar-refractivity contribution in [1.29, 1.82) is 0 Å². The van der Waals surface area contributed by atoms with Crippen molar-refractivity contribution in [1.82, 2.24) is 0 Å². The van der Waals surface area contributed by atoms with Gasteiger partial charge in [0.15, 0.2) is 12.5 Å². The molecule has 0 saturated heterocycles. The fraction of sp³-hybridized carbons (Fsp3) is 0.231. The summed E-state index contributed by atoms with van der Waals surface area (Å²) in [6.07, 6.45) is -0.0569. The van der Waals surface area contributed by atoms with Gasteiger partial charge in [0.25, 0.3) is 0 Å². The molecular weight excluding hydrogens is 303 g/mol. The topological polar surface area (TPSA) is 43.4 Å². The number of esters is 1. The van der Waals surface area contributed by atoms with Crippen LogP contribution in [0.1, 0.15) is 5.56 Å². The first-order valence-corrected chi connectivity index (χ1v) is 6.38. The molecular formula is C13H12BrFO3. The molecule has 0 fully saturated rings. The Kier molecular flexibility index (Phi) is 6.28. The zero-order valence-electron chi connectivity index (χ0n) is 9.46. The Morgan fingerprint density at radius 2 is 2.06 bits per heavy atom. The summed E-state index contributed by atoms with van der Waals surface area (Å²) in [6, 6.07) is 9.14. The summed E-state index contributed by atoms with van der Waals surface area (Å²) in [5.41, 5.74) is 0.831. The molecule has 3 nitrogen and oxygen atoms in total. The van der Waals surface area contributed by atoms with Crippen LogP contribution in [0.25, 0.3) is 6.08 Å². The van der Waals surface area contributed by atoms with Gasteiger partial charge in [-0.1, -0.05) is 46.3 Å². The predicted molar refractivity (Wildman–Crippen MR) is 70.1 cm³/mol. The van der Waals surface area contributed by atoms with Gasteiger partial charge in [-0.3, -0.25) is 4.79 Å². The van der Waals surface area contributed by atoms with Crippen LogP contribution in [-0.4, -0.2) is 29.9 Å². The van der Waals surface area contributed by atoms with E-state index in [2.05, 4.69) is 15.9 Å².